The van der Waals surface area contributed by atoms with Gasteiger partial charge in [0.05, 0.1) is 11.7 Å². The van der Waals surface area contributed by atoms with Crippen molar-refractivity contribution >= 4 is 23.4 Å². The minimum absolute atomic E-state index is 0.0736. The van der Waals surface area contributed by atoms with Crippen molar-refractivity contribution in [2.45, 2.75) is 52.1 Å². The third-order valence-electron chi connectivity index (χ3n) is 5.37. The molecule has 2 atom stereocenters. The highest BCUT2D eigenvalue weighted by atomic mass is 35.5. The number of amides is 2. The Kier molecular flexibility index (Phi) is 6.63. The molecule has 7 heteroatoms. The molecule has 0 aliphatic carbocycles. The van der Waals surface area contributed by atoms with Crippen LogP contribution in [0.2, 0.25) is 5.15 Å². The minimum Gasteiger partial charge on any atom is -0.348 e. The fourth-order valence-corrected chi connectivity index (χ4v) is 4.06. The lowest BCUT2D eigenvalue weighted by Gasteiger charge is -2.26. The largest absolute Gasteiger partial charge is 0.348 e. The van der Waals surface area contributed by atoms with Gasteiger partial charge in [-0.2, -0.15) is 5.10 Å². The summed E-state index contributed by atoms with van der Waals surface area (Å²) < 4.78 is 1.74. The molecule has 0 radical (unpaired) electrons. The Balaban J connectivity index is 1.65. The quantitative estimate of drug-likeness (QED) is 0.775. The van der Waals surface area contributed by atoms with Crippen LogP contribution in [0.1, 0.15) is 51.6 Å². The van der Waals surface area contributed by atoms with Crippen LogP contribution in [0.5, 0.6) is 0 Å². The number of nitrogens with zero attached hydrogens (tertiary/aromatic N) is 3. The van der Waals surface area contributed by atoms with E-state index in [-0.39, 0.29) is 23.9 Å². The lowest BCUT2D eigenvalue weighted by molar-refractivity contribution is -0.139. The number of nitrogens with one attached hydrogen (secondary N) is 1. The van der Waals surface area contributed by atoms with Gasteiger partial charge >= 0.3 is 0 Å². The summed E-state index contributed by atoms with van der Waals surface area (Å²) in [6.45, 7) is 6.67. The highest BCUT2D eigenvalue weighted by Crippen LogP contribution is 2.25. The normalized spacial score (nSPS) is 17.6. The Morgan fingerprint density at radius 3 is 2.52 bits per heavy atom. The maximum absolute atomic E-state index is 12.8. The molecule has 1 aromatic carbocycles. The highest BCUT2D eigenvalue weighted by molar-refractivity contribution is 6.29. The van der Waals surface area contributed by atoms with Crippen molar-refractivity contribution in [1.29, 1.82) is 0 Å². The smallest absolute Gasteiger partial charge is 0.243 e. The first kappa shape index (κ1) is 21.4. The standard InChI is InChI=1S/C22H29ClN4O2/c1-14(2)12-21(28)27-11-5-6-18(27)22(29)24-15(3)16-7-9-17(10-8-16)19-13-20(23)25-26(19)4/h7-10,13-15,18H,5-6,11-12H2,1-4H3,(H,24,29). The summed E-state index contributed by atoms with van der Waals surface area (Å²) in [7, 11) is 1.85. The summed E-state index contributed by atoms with van der Waals surface area (Å²) in [6, 6.07) is 9.31. The van der Waals surface area contributed by atoms with Gasteiger partial charge in [-0.1, -0.05) is 49.7 Å². The van der Waals surface area contributed by atoms with Crippen LogP contribution < -0.4 is 5.32 Å². The molecule has 1 aliphatic heterocycles. The average Bonchev–Trinajstić information content (AvgIpc) is 3.27. The number of carbonyl (C=O) groups is 2. The fraction of sp³-hybridized carbons (Fsp3) is 0.500. The molecule has 0 bridgehead atoms. The van der Waals surface area contributed by atoms with Crippen molar-refractivity contribution in [1.82, 2.24) is 20.0 Å². The predicted octanol–water partition coefficient (Wildman–Crippen LogP) is 3.95. The van der Waals surface area contributed by atoms with Crippen molar-refractivity contribution < 1.29 is 9.59 Å². The molecule has 0 spiro atoms. The van der Waals surface area contributed by atoms with Crippen LogP contribution in [-0.2, 0) is 16.6 Å². The third kappa shape index (κ3) is 4.99. The average molecular weight is 417 g/mol. The second kappa shape index (κ2) is 8.99. The maximum Gasteiger partial charge on any atom is 0.243 e. The lowest BCUT2D eigenvalue weighted by atomic mass is 10.0. The Hall–Kier alpha value is -2.34. The lowest BCUT2D eigenvalue weighted by Crippen LogP contribution is -2.46. The molecule has 6 nitrogen and oxygen atoms in total. The SMILES string of the molecule is CC(C)CC(=O)N1CCCC1C(=O)NC(C)c1ccc(-c2cc(Cl)nn2C)cc1. The van der Waals surface area contributed by atoms with Crippen LogP contribution in [0.15, 0.2) is 30.3 Å². The summed E-state index contributed by atoms with van der Waals surface area (Å²) in [5, 5.41) is 7.70. The van der Waals surface area contributed by atoms with Crippen molar-refractivity contribution in [3.8, 4) is 11.3 Å². The molecule has 2 aromatic rings. The van der Waals surface area contributed by atoms with Gasteiger partial charge in [0.1, 0.15) is 6.04 Å². The first-order chi connectivity index (χ1) is 13.8. The number of hydrogen-bond donors (Lipinski definition) is 1. The molecule has 156 valence electrons. The van der Waals surface area contributed by atoms with E-state index in [2.05, 4.69) is 10.4 Å². The molecule has 29 heavy (non-hydrogen) atoms. The van der Waals surface area contributed by atoms with E-state index in [0.717, 1.165) is 29.7 Å². The van der Waals surface area contributed by atoms with E-state index in [0.29, 0.717) is 24.0 Å². The molecule has 2 heterocycles. The van der Waals surface area contributed by atoms with E-state index in [1.165, 1.54) is 0 Å². The zero-order valence-corrected chi connectivity index (χ0v) is 18.2. The third-order valence-corrected chi connectivity index (χ3v) is 5.56. The molecule has 1 aliphatic rings. The second-order valence-electron chi connectivity index (χ2n) is 8.17. The summed E-state index contributed by atoms with van der Waals surface area (Å²) in [5.41, 5.74) is 2.95. The molecule has 1 fully saturated rings. The van der Waals surface area contributed by atoms with Crippen LogP contribution in [0, 0.1) is 5.92 Å². The summed E-state index contributed by atoms with van der Waals surface area (Å²) in [6.07, 6.45) is 2.08. The van der Waals surface area contributed by atoms with Crippen molar-refractivity contribution in [2.75, 3.05) is 6.54 Å². The Morgan fingerprint density at radius 1 is 1.24 bits per heavy atom. The number of likely N-dealkylation sites (tertiary alicyclic amines) is 1. The van der Waals surface area contributed by atoms with E-state index in [1.54, 1.807) is 9.58 Å². The number of rotatable bonds is 6. The molecule has 1 aromatic heterocycles. The van der Waals surface area contributed by atoms with Crippen molar-refractivity contribution in [2.24, 2.45) is 13.0 Å². The highest BCUT2D eigenvalue weighted by Gasteiger charge is 2.34. The zero-order chi connectivity index (χ0) is 21.1. The monoisotopic (exact) mass is 416 g/mol. The molecule has 2 amide bonds. The maximum atomic E-state index is 12.8. The fourth-order valence-electron chi connectivity index (χ4n) is 3.84. The van der Waals surface area contributed by atoms with Gasteiger partial charge in [0.2, 0.25) is 11.8 Å². The number of carbonyl (C=O) groups excluding carboxylic acids is 2. The summed E-state index contributed by atoms with van der Waals surface area (Å²) >= 11 is 5.97. The number of hydrogen-bond acceptors (Lipinski definition) is 3. The van der Waals surface area contributed by atoms with Gasteiger partial charge in [0.15, 0.2) is 5.15 Å². The summed E-state index contributed by atoms with van der Waals surface area (Å²) in [5.74, 6) is 0.289. The van der Waals surface area contributed by atoms with Gasteiger partial charge < -0.3 is 10.2 Å². The van der Waals surface area contributed by atoms with Gasteiger partial charge in [-0.15, -0.1) is 0 Å². The Bertz CT molecular complexity index is 875. The minimum atomic E-state index is -0.362. The van der Waals surface area contributed by atoms with Gasteiger partial charge in [0.25, 0.3) is 0 Å². The van der Waals surface area contributed by atoms with Crippen LogP contribution >= 0.6 is 11.6 Å². The summed E-state index contributed by atoms with van der Waals surface area (Å²) in [4.78, 5) is 27.0. The Labute approximate surface area is 177 Å². The van der Waals surface area contributed by atoms with E-state index in [9.17, 15) is 9.59 Å². The van der Waals surface area contributed by atoms with Gasteiger partial charge in [-0.25, -0.2) is 0 Å². The van der Waals surface area contributed by atoms with E-state index in [1.807, 2.05) is 58.2 Å². The van der Waals surface area contributed by atoms with Crippen LogP contribution in [0.4, 0.5) is 0 Å². The van der Waals surface area contributed by atoms with E-state index < -0.39 is 0 Å². The molecule has 1 N–H and O–H groups in total. The topological polar surface area (TPSA) is 67.2 Å². The number of aryl methyl sites for hydroxylation is 1. The molecule has 0 saturated carbocycles. The molecular weight excluding hydrogens is 388 g/mol. The number of aromatic nitrogens is 2. The van der Waals surface area contributed by atoms with E-state index >= 15 is 0 Å². The molecule has 3 rings (SSSR count). The van der Waals surface area contributed by atoms with Crippen LogP contribution in [0.3, 0.4) is 0 Å². The van der Waals surface area contributed by atoms with Gasteiger partial charge in [-0.05, 0) is 36.8 Å². The first-order valence-corrected chi connectivity index (χ1v) is 10.5. The molecule has 2 unspecified atom stereocenters. The van der Waals surface area contributed by atoms with Gasteiger partial charge in [-0.3, -0.25) is 14.3 Å². The van der Waals surface area contributed by atoms with E-state index in [4.69, 9.17) is 11.6 Å². The van der Waals surface area contributed by atoms with Crippen molar-refractivity contribution in [3.05, 3.63) is 41.0 Å². The van der Waals surface area contributed by atoms with Crippen molar-refractivity contribution in [3.63, 3.8) is 0 Å². The molecule has 1 saturated heterocycles. The number of benzene rings is 1. The predicted molar refractivity (Wildman–Crippen MR) is 114 cm³/mol. The van der Waals surface area contributed by atoms with Crippen LogP contribution in [0.25, 0.3) is 11.3 Å². The first-order valence-electron chi connectivity index (χ1n) is 10.2. The van der Waals surface area contributed by atoms with Crippen LogP contribution in [-0.4, -0.2) is 39.1 Å². The Morgan fingerprint density at radius 2 is 1.93 bits per heavy atom. The molecular formula is C22H29ClN4O2. The second-order valence-corrected chi connectivity index (χ2v) is 8.56. The van der Waals surface area contributed by atoms with Gasteiger partial charge in [0, 0.05) is 26.1 Å². The zero-order valence-electron chi connectivity index (χ0n) is 17.5. The number of halogens is 1.